The van der Waals surface area contributed by atoms with Gasteiger partial charge in [0.15, 0.2) is 0 Å². The van der Waals surface area contributed by atoms with E-state index >= 15 is 0 Å². The summed E-state index contributed by atoms with van der Waals surface area (Å²) in [5, 5.41) is 5.37. The van der Waals surface area contributed by atoms with E-state index < -0.39 is 12.8 Å². The van der Waals surface area contributed by atoms with Crippen LogP contribution in [0.25, 0.3) is 0 Å². The lowest BCUT2D eigenvalue weighted by molar-refractivity contribution is -0.176. The zero-order chi connectivity index (χ0) is 12.2. The Hall–Kier alpha value is -0.660. The van der Waals surface area contributed by atoms with Crippen LogP contribution in [-0.2, 0) is 11.3 Å². The highest BCUT2D eigenvalue weighted by atomic mass is 32.1. The molecule has 0 amide bonds. The summed E-state index contributed by atoms with van der Waals surface area (Å²) in [5.41, 5.74) is 0.818. The first-order valence-corrected chi connectivity index (χ1v) is 5.56. The number of hydrogen-bond acceptors (Lipinski definition) is 4. The monoisotopic (exact) mass is 254 g/mol. The lowest BCUT2D eigenvalue weighted by Crippen LogP contribution is -2.16. The van der Waals surface area contributed by atoms with Gasteiger partial charge in [-0.3, -0.25) is 0 Å². The topological polar surface area (TPSA) is 34.1 Å². The van der Waals surface area contributed by atoms with E-state index in [4.69, 9.17) is 0 Å². The highest BCUT2D eigenvalue weighted by Gasteiger charge is 2.27. The molecule has 92 valence electrons. The van der Waals surface area contributed by atoms with Crippen LogP contribution in [0.2, 0.25) is 0 Å². The Kier molecular flexibility index (Phi) is 4.69. The number of rotatable bonds is 5. The molecule has 0 bridgehead atoms. The molecular weight excluding hydrogens is 241 g/mol. The lowest BCUT2D eigenvalue weighted by atomic mass is 10.3. The van der Waals surface area contributed by atoms with Gasteiger partial charge in [-0.05, 0) is 14.0 Å². The molecule has 0 aliphatic rings. The molecule has 1 rings (SSSR count). The minimum Gasteiger partial charge on any atom is -0.365 e. The molecule has 0 saturated heterocycles. The van der Waals surface area contributed by atoms with Crippen molar-refractivity contribution in [2.45, 2.75) is 25.7 Å². The van der Waals surface area contributed by atoms with Gasteiger partial charge in [-0.25, -0.2) is 4.98 Å². The molecule has 0 saturated carbocycles. The predicted octanol–water partition coefficient (Wildman–Crippen LogP) is 2.50. The summed E-state index contributed by atoms with van der Waals surface area (Å²) < 4.78 is 39.9. The third kappa shape index (κ3) is 4.46. The van der Waals surface area contributed by atoms with Gasteiger partial charge in [-0.1, -0.05) is 0 Å². The Balaban J connectivity index is 2.41. The number of aromatic nitrogens is 1. The Labute approximate surface area is 95.6 Å². The Morgan fingerprint density at radius 1 is 1.56 bits per heavy atom. The summed E-state index contributed by atoms with van der Waals surface area (Å²) >= 11 is 1.30. The molecule has 0 aliphatic heterocycles. The summed E-state index contributed by atoms with van der Waals surface area (Å²) in [6.07, 6.45) is -4.28. The van der Waals surface area contributed by atoms with Crippen LogP contribution >= 0.6 is 11.3 Å². The molecule has 0 aromatic carbocycles. The van der Waals surface area contributed by atoms with Crippen LogP contribution in [0.4, 0.5) is 13.2 Å². The number of thiazole rings is 1. The van der Waals surface area contributed by atoms with Crippen LogP contribution in [0.1, 0.15) is 23.7 Å². The van der Waals surface area contributed by atoms with Gasteiger partial charge in [0.05, 0.1) is 12.3 Å². The first-order chi connectivity index (χ1) is 7.42. The van der Waals surface area contributed by atoms with Crippen LogP contribution in [0.3, 0.4) is 0 Å². The fourth-order valence-electron chi connectivity index (χ4n) is 0.992. The van der Waals surface area contributed by atoms with Crippen molar-refractivity contribution in [3.63, 3.8) is 0 Å². The zero-order valence-corrected chi connectivity index (χ0v) is 9.78. The minimum absolute atomic E-state index is 0.0904. The van der Waals surface area contributed by atoms with E-state index in [1.54, 1.807) is 7.05 Å². The third-order valence-electron chi connectivity index (χ3n) is 1.94. The van der Waals surface area contributed by atoms with Crippen molar-refractivity contribution in [1.29, 1.82) is 0 Å². The molecule has 1 aromatic rings. The highest BCUT2D eigenvalue weighted by Crippen LogP contribution is 2.19. The standard InChI is InChI=1S/C9H13F3N2OS/c1-6(13-2)7-4-16-8(14-7)3-15-5-9(10,11)12/h4,6,13H,3,5H2,1-2H3. The second-order valence-corrected chi connectivity index (χ2v) is 4.23. The van der Waals surface area contributed by atoms with Gasteiger partial charge in [0.2, 0.25) is 0 Å². The van der Waals surface area contributed by atoms with Crippen LogP contribution in [-0.4, -0.2) is 24.8 Å². The quantitative estimate of drug-likeness (QED) is 0.876. The van der Waals surface area contributed by atoms with Crippen LogP contribution < -0.4 is 5.32 Å². The number of ether oxygens (including phenoxy) is 1. The number of alkyl halides is 3. The molecular formula is C9H13F3N2OS. The van der Waals surface area contributed by atoms with Crippen molar-refractivity contribution < 1.29 is 17.9 Å². The van der Waals surface area contributed by atoms with Crippen LogP contribution in [0, 0.1) is 0 Å². The number of halogens is 3. The van der Waals surface area contributed by atoms with E-state index in [-0.39, 0.29) is 12.6 Å². The molecule has 3 nitrogen and oxygen atoms in total. The van der Waals surface area contributed by atoms with Crippen molar-refractivity contribution in [2.24, 2.45) is 0 Å². The van der Waals surface area contributed by atoms with Crippen LogP contribution in [0.5, 0.6) is 0 Å². The Bertz CT molecular complexity index is 327. The van der Waals surface area contributed by atoms with Crippen LogP contribution in [0.15, 0.2) is 5.38 Å². The van der Waals surface area contributed by atoms with Gasteiger partial charge in [-0.2, -0.15) is 13.2 Å². The van der Waals surface area contributed by atoms with Crippen molar-refractivity contribution >= 4 is 11.3 Å². The largest absolute Gasteiger partial charge is 0.411 e. The zero-order valence-electron chi connectivity index (χ0n) is 8.97. The van der Waals surface area contributed by atoms with Crippen molar-refractivity contribution in [2.75, 3.05) is 13.7 Å². The molecule has 1 aromatic heterocycles. The van der Waals surface area contributed by atoms with E-state index in [0.717, 1.165) is 5.69 Å². The third-order valence-corrected chi connectivity index (χ3v) is 2.78. The van der Waals surface area contributed by atoms with E-state index in [2.05, 4.69) is 15.0 Å². The van der Waals surface area contributed by atoms with Gasteiger partial charge < -0.3 is 10.1 Å². The maximum Gasteiger partial charge on any atom is 0.411 e. The second-order valence-electron chi connectivity index (χ2n) is 3.28. The molecule has 1 unspecified atom stereocenters. The van der Waals surface area contributed by atoms with E-state index in [1.165, 1.54) is 11.3 Å². The summed E-state index contributed by atoms with van der Waals surface area (Å²) in [6, 6.07) is 0.0904. The fourth-order valence-corrected chi connectivity index (χ4v) is 1.82. The van der Waals surface area contributed by atoms with E-state index in [0.29, 0.717) is 5.01 Å². The summed E-state index contributed by atoms with van der Waals surface area (Å²) in [7, 11) is 1.80. The van der Waals surface area contributed by atoms with Gasteiger partial charge in [-0.15, -0.1) is 11.3 Å². The lowest BCUT2D eigenvalue weighted by Gasteiger charge is -2.06. The van der Waals surface area contributed by atoms with Gasteiger partial charge >= 0.3 is 6.18 Å². The number of nitrogens with one attached hydrogen (secondary N) is 1. The molecule has 1 N–H and O–H groups in total. The smallest absolute Gasteiger partial charge is 0.365 e. The average molecular weight is 254 g/mol. The molecule has 1 heterocycles. The Morgan fingerprint density at radius 3 is 2.81 bits per heavy atom. The highest BCUT2D eigenvalue weighted by molar-refractivity contribution is 7.09. The normalized spacial score (nSPS) is 14.1. The molecule has 0 spiro atoms. The maximum atomic E-state index is 11.8. The van der Waals surface area contributed by atoms with Crippen molar-refractivity contribution in [3.05, 3.63) is 16.1 Å². The summed E-state index contributed by atoms with van der Waals surface area (Å²) in [5.74, 6) is 0. The summed E-state index contributed by atoms with van der Waals surface area (Å²) in [6.45, 7) is 0.597. The first kappa shape index (κ1) is 13.4. The SMILES string of the molecule is CNC(C)c1csc(COCC(F)(F)F)n1. The molecule has 16 heavy (non-hydrogen) atoms. The van der Waals surface area contributed by atoms with Crippen molar-refractivity contribution in [1.82, 2.24) is 10.3 Å². The fraction of sp³-hybridized carbons (Fsp3) is 0.667. The molecule has 0 fully saturated rings. The molecule has 1 atom stereocenters. The van der Waals surface area contributed by atoms with E-state index in [9.17, 15) is 13.2 Å². The van der Waals surface area contributed by atoms with Crippen molar-refractivity contribution in [3.8, 4) is 0 Å². The first-order valence-electron chi connectivity index (χ1n) is 4.68. The molecule has 0 aliphatic carbocycles. The van der Waals surface area contributed by atoms with Gasteiger partial charge in [0.25, 0.3) is 0 Å². The summed E-state index contributed by atoms with van der Waals surface area (Å²) in [4.78, 5) is 4.16. The second kappa shape index (κ2) is 5.60. The van der Waals surface area contributed by atoms with Gasteiger partial charge in [0, 0.05) is 11.4 Å². The van der Waals surface area contributed by atoms with E-state index in [1.807, 2.05) is 12.3 Å². The predicted molar refractivity (Wildman–Crippen MR) is 55.3 cm³/mol. The number of hydrogen-bond donors (Lipinski definition) is 1. The number of nitrogens with zero attached hydrogens (tertiary/aromatic N) is 1. The average Bonchev–Trinajstić information content (AvgIpc) is 2.63. The minimum atomic E-state index is -4.28. The van der Waals surface area contributed by atoms with Gasteiger partial charge in [0.1, 0.15) is 11.6 Å². The molecule has 7 heteroatoms. The Morgan fingerprint density at radius 2 is 2.25 bits per heavy atom. The maximum absolute atomic E-state index is 11.8. The molecule has 0 radical (unpaired) electrons.